The van der Waals surface area contributed by atoms with Crippen LogP contribution in [0.3, 0.4) is 0 Å². The first kappa shape index (κ1) is 17.8. The van der Waals surface area contributed by atoms with Gasteiger partial charge in [0.05, 0.1) is 18.1 Å². The summed E-state index contributed by atoms with van der Waals surface area (Å²) >= 11 is 6.56. The quantitative estimate of drug-likeness (QED) is 0.199. The number of alkyl halides is 2. The standard InChI is InChI=1S/C11H15Br2N2O4P/c1-2-18-20(17,19-9-10(13)8-12)14-15(16)11-6-4-3-5-7-11/h3-7,10H,2,8-9H2,1H3/b15-14-. The summed E-state index contributed by atoms with van der Waals surface area (Å²) in [6, 6.07) is 8.24. The number of hydrogen-bond acceptors (Lipinski definition) is 4. The van der Waals surface area contributed by atoms with Crippen molar-refractivity contribution in [3.8, 4) is 0 Å². The Morgan fingerprint density at radius 1 is 1.40 bits per heavy atom. The first-order chi connectivity index (χ1) is 9.50. The minimum atomic E-state index is -3.82. The van der Waals surface area contributed by atoms with Crippen molar-refractivity contribution in [1.29, 1.82) is 0 Å². The monoisotopic (exact) mass is 428 g/mol. The molecule has 0 aliphatic rings. The fourth-order valence-corrected chi connectivity index (χ4v) is 2.88. The van der Waals surface area contributed by atoms with Gasteiger partial charge in [0.15, 0.2) is 0 Å². The van der Waals surface area contributed by atoms with Crippen LogP contribution in [0, 0.1) is 5.21 Å². The summed E-state index contributed by atoms with van der Waals surface area (Å²) in [5.74, 6) is 0. The third kappa shape index (κ3) is 6.01. The van der Waals surface area contributed by atoms with E-state index in [4.69, 9.17) is 9.05 Å². The highest BCUT2D eigenvalue weighted by Gasteiger charge is 2.30. The number of rotatable bonds is 8. The Morgan fingerprint density at radius 2 is 2.05 bits per heavy atom. The van der Waals surface area contributed by atoms with Crippen molar-refractivity contribution >= 4 is 45.3 Å². The van der Waals surface area contributed by atoms with Crippen molar-refractivity contribution in [2.45, 2.75) is 11.8 Å². The third-order valence-corrected chi connectivity index (χ3v) is 5.73. The molecule has 0 bridgehead atoms. The van der Waals surface area contributed by atoms with Gasteiger partial charge in [-0.2, -0.15) is 0 Å². The molecule has 0 heterocycles. The van der Waals surface area contributed by atoms with Crippen LogP contribution in [0.4, 0.5) is 5.69 Å². The van der Waals surface area contributed by atoms with Crippen molar-refractivity contribution in [2.24, 2.45) is 4.88 Å². The summed E-state index contributed by atoms with van der Waals surface area (Å²) in [5, 5.41) is 12.5. The number of nitrogens with zero attached hydrogens (tertiary/aromatic N) is 2. The maximum Gasteiger partial charge on any atom is 0.510 e. The largest absolute Gasteiger partial charge is 0.594 e. The van der Waals surface area contributed by atoms with E-state index in [1.165, 1.54) is 0 Å². The summed E-state index contributed by atoms with van der Waals surface area (Å²) in [6.07, 6.45) is 0. The Balaban J connectivity index is 2.87. The van der Waals surface area contributed by atoms with Crippen LogP contribution in [-0.4, -0.2) is 28.2 Å². The predicted octanol–water partition coefficient (Wildman–Crippen LogP) is 4.60. The summed E-state index contributed by atoms with van der Waals surface area (Å²) in [7, 11) is -3.82. The van der Waals surface area contributed by atoms with E-state index in [0.29, 0.717) is 5.33 Å². The van der Waals surface area contributed by atoms with E-state index in [9.17, 15) is 9.77 Å². The van der Waals surface area contributed by atoms with Crippen molar-refractivity contribution in [3.05, 3.63) is 35.5 Å². The Kier molecular flexibility index (Phi) is 7.91. The topological polar surface area (TPSA) is 74.0 Å². The fourth-order valence-electron chi connectivity index (χ4n) is 1.18. The van der Waals surface area contributed by atoms with Crippen molar-refractivity contribution < 1.29 is 18.5 Å². The molecule has 0 aliphatic carbocycles. The van der Waals surface area contributed by atoms with Gasteiger partial charge in [-0.05, 0) is 11.8 Å². The zero-order valence-electron chi connectivity index (χ0n) is 10.8. The summed E-state index contributed by atoms with van der Waals surface area (Å²) < 4.78 is 22.5. The number of para-hydroxylation sites is 1. The van der Waals surface area contributed by atoms with Crippen LogP contribution in [-0.2, 0) is 13.6 Å². The predicted molar refractivity (Wildman–Crippen MR) is 83.9 cm³/mol. The minimum Gasteiger partial charge on any atom is -0.594 e. The highest BCUT2D eigenvalue weighted by atomic mass is 79.9. The van der Waals surface area contributed by atoms with Crippen LogP contribution < -0.4 is 0 Å². The highest BCUT2D eigenvalue weighted by Crippen LogP contribution is 2.50. The molecular weight excluding hydrogens is 415 g/mol. The molecule has 1 aromatic carbocycles. The molecule has 112 valence electrons. The molecule has 0 N–H and O–H groups in total. The fraction of sp³-hybridized carbons (Fsp3) is 0.455. The van der Waals surface area contributed by atoms with E-state index in [-0.39, 0.29) is 28.6 Å². The molecule has 1 rings (SSSR count). The molecule has 1 aromatic rings. The molecule has 0 aromatic heterocycles. The third-order valence-electron chi connectivity index (χ3n) is 2.05. The number of hydrogen-bond donors (Lipinski definition) is 0. The lowest BCUT2D eigenvalue weighted by Gasteiger charge is -2.13. The molecule has 6 nitrogen and oxygen atoms in total. The maximum absolute atomic E-state index is 12.3. The van der Waals surface area contributed by atoms with Crippen LogP contribution in [0.1, 0.15) is 6.92 Å². The molecule has 0 amide bonds. The molecule has 0 aliphatic heterocycles. The molecular formula is C11H15Br2N2O4P. The second-order valence-corrected chi connectivity index (χ2v) is 7.21. The Bertz CT molecular complexity index is 487. The Labute approximate surface area is 134 Å². The molecule has 2 unspecified atom stereocenters. The zero-order chi connectivity index (χ0) is 15.0. The van der Waals surface area contributed by atoms with E-state index >= 15 is 0 Å². The second-order valence-electron chi connectivity index (χ2n) is 3.63. The van der Waals surface area contributed by atoms with E-state index in [2.05, 4.69) is 36.7 Å². The van der Waals surface area contributed by atoms with E-state index in [1.807, 2.05) is 0 Å². The molecule has 20 heavy (non-hydrogen) atoms. The molecule has 0 fully saturated rings. The molecule has 9 heteroatoms. The molecule has 2 atom stereocenters. The summed E-state index contributed by atoms with van der Waals surface area (Å²) in [4.78, 5) is 3.73. The lowest BCUT2D eigenvalue weighted by atomic mass is 10.3. The molecule has 0 saturated heterocycles. The van der Waals surface area contributed by atoms with Gasteiger partial charge in [-0.3, -0.25) is 9.05 Å². The van der Waals surface area contributed by atoms with Gasteiger partial charge in [0, 0.05) is 22.3 Å². The van der Waals surface area contributed by atoms with Gasteiger partial charge in [0.1, 0.15) is 0 Å². The first-order valence-corrected chi connectivity index (χ1v) is 9.38. The normalized spacial score (nSPS) is 16.6. The van der Waals surface area contributed by atoms with E-state index < -0.39 is 7.75 Å². The lowest BCUT2D eigenvalue weighted by molar-refractivity contribution is -0.432. The number of benzene rings is 1. The smallest absolute Gasteiger partial charge is 0.510 e. The van der Waals surface area contributed by atoms with Gasteiger partial charge in [0.25, 0.3) is 0 Å². The van der Waals surface area contributed by atoms with Gasteiger partial charge >= 0.3 is 7.75 Å². The van der Waals surface area contributed by atoms with Crippen LogP contribution in [0.15, 0.2) is 35.2 Å². The van der Waals surface area contributed by atoms with Gasteiger partial charge < -0.3 is 5.21 Å². The first-order valence-electron chi connectivity index (χ1n) is 5.85. The molecule has 0 spiro atoms. The lowest BCUT2D eigenvalue weighted by Crippen LogP contribution is -2.09. The Hall–Kier alpha value is -0.270. The average Bonchev–Trinajstić information content (AvgIpc) is 2.46. The maximum atomic E-state index is 12.3. The van der Waals surface area contributed by atoms with Gasteiger partial charge in [-0.15, -0.1) is 0 Å². The van der Waals surface area contributed by atoms with E-state index in [0.717, 1.165) is 0 Å². The SMILES string of the molecule is CCOP(=O)(/N=[N+](\[O-])c1ccccc1)OCC(Br)CBr. The van der Waals surface area contributed by atoms with Crippen molar-refractivity contribution in [3.63, 3.8) is 0 Å². The highest BCUT2D eigenvalue weighted by molar-refractivity contribution is 9.12. The van der Waals surface area contributed by atoms with Crippen LogP contribution in [0.5, 0.6) is 0 Å². The van der Waals surface area contributed by atoms with Gasteiger partial charge in [-0.25, -0.2) is 4.57 Å². The van der Waals surface area contributed by atoms with Crippen LogP contribution in [0.25, 0.3) is 0 Å². The molecule has 0 saturated carbocycles. The zero-order valence-corrected chi connectivity index (χ0v) is 14.9. The van der Waals surface area contributed by atoms with Crippen LogP contribution >= 0.6 is 39.6 Å². The number of halogens is 2. The minimum absolute atomic E-state index is 0.0525. The average molecular weight is 430 g/mol. The Morgan fingerprint density at radius 3 is 2.60 bits per heavy atom. The molecule has 0 radical (unpaired) electrons. The summed E-state index contributed by atoms with van der Waals surface area (Å²) in [6.45, 7) is 1.89. The van der Waals surface area contributed by atoms with Crippen molar-refractivity contribution in [2.75, 3.05) is 18.5 Å². The second kappa shape index (κ2) is 8.89. The van der Waals surface area contributed by atoms with Crippen LogP contribution in [0.2, 0.25) is 0 Å². The van der Waals surface area contributed by atoms with Gasteiger partial charge in [0.2, 0.25) is 5.69 Å². The van der Waals surface area contributed by atoms with E-state index in [1.54, 1.807) is 37.3 Å². The van der Waals surface area contributed by atoms with Gasteiger partial charge in [-0.1, -0.05) is 50.1 Å². The van der Waals surface area contributed by atoms with Crippen molar-refractivity contribution in [1.82, 2.24) is 0 Å². The summed E-state index contributed by atoms with van der Waals surface area (Å²) in [5.41, 5.74) is 0.256.